The summed E-state index contributed by atoms with van der Waals surface area (Å²) in [4.78, 5) is 0. The summed E-state index contributed by atoms with van der Waals surface area (Å²) < 4.78 is 7.79. The Morgan fingerprint density at radius 2 is 1.15 bits per heavy atom. The van der Waals surface area contributed by atoms with Gasteiger partial charge in [0.25, 0.3) is 0 Å². The van der Waals surface area contributed by atoms with Crippen molar-refractivity contribution in [2.24, 2.45) is 0 Å². The van der Waals surface area contributed by atoms with Crippen LogP contribution >= 0.6 is 22.7 Å². The van der Waals surface area contributed by atoms with Gasteiger partial charge >= 0.3 is 0 Å². The highest BCUT2D eigenvalue weighted by atomic mass is 32.1. The van der Waals surface area contributed by atoms with Crippen molar-refractivity contribution in [1.29, 1.82) is 0 Å². The zero-order valence-corrected chi connectivity index (χ0v) is 23.7. The van der Waals surface area contributed by atoms with Crippen LogP contribution in [0.4, 0.5) is 0 Å². The first-order valence-electron chi connectivity index (χ1n) is 13.9. The molecule has 0 N–H and O–H groups in total. The fraction of sp³-hybridized carbons (Fsp3) is 0. The molecule has 3 heteroatoms. The van der Waals surface area contributed by atoms with Gasteiger partial charge in [0, 0.05) is 41.3 Å². The lowest BCUT2D eigenvalue weighted by atomic mass is 10.00. The van der Waals surface area contributed by atoms with Gasteiger partial charge in [-0.15, -0.1) is 22.7 Å². The molecule has 0 atom stereocenters. The van der Waals surface area contributed by atoms with E-state index in [0.29, 0.717) is 0 Å². The molecule has 6 aromatic carbocycles. The second-order valence-corrected chi connectivity index (χ2v) is 12.6. The minimum absolute atomic E-state index is 1.20. The maximum atomic E-state index is 2.43. The van der Waals surface area contributed by atoms with Crippen LogP contribution in [0.3, 0.4) is 0 Å². The van der Waals surface area contributed by atoms with Gasteiger partial charge in [-0.2, -0.15) is 0 Å². The van der Waals surface area contributed by atoms with E-state index in [1.54, 1.807) is 0 Å². The number of para-hydroxylation sites is 2. The summed E-state index contributed by atoms with van der Waals surface area (Å²) in [6, 6.07) is 50.9. The molecule has 0 fully saturated rings. The quantitative estimate of drug-likeness (QED) is 0.204. The van der Waals surface area contributed by atoms with E-state index in [-0.39, 0.29) is 0 Å². The van der Waals surface area contributed by atoms with E-state index in [9.17, 15) is 0 Å². The lowest BCUT2D eigenvalue weighted by molar-refractivity contribution is 1.19. The molecule has 0 unspecified atom stereocenters. The van der Waals surface area contributed by atoms with E-state index in [0.717, 1.165) is 0 Å². The Hall–Kier alpha value is -4.70. The first-order valence-corrected chi connectivity index (χ1v) is 15.5. The monoisotopic (exact) mass is 557 g/mol. The summed E-state index contributed by atoms with van der Waals surface area (Å²) in [6.45, 7) is 0. The SMILES string of the molecule is c1ccc(-c2ccc3sc4c(-c5ccc6c(c5)sc5c7ccccc7n(-c7ccccc7)c65)cccc4c3c2)cc1. The van der Waals surface area contributed by atoms with Crippen LogP contribution in [-0.4, -0.2) is 4.57 Å². The number of nitrogens with zero attached hydrogens (tertiary/aromatic N) is 1. The van der Waals surface area contributed by atoms with Crippen LogP contribution in [-0.2, 0) is 0 Å². The molecule has 3 heterocycles. The van der Waals surface area contributed by atoms with Gasteiger partial charge in [0.1, 0.15) is 0 Å². The van der Waals surface area contributed by atoms with Crippen molar-refractivity contribution in [2.45, 2.75) is 0 Å². The molecular formula is C38H23NS2. The topological polar surface area (TPSA) is 4.93 Å². The highest BCUT2D eigenvalue weighted by molar-refractivity contribution is 7.27. The molecule has 41 heavy (non-hydrogen) atoms. The number of thiophene rings is 2. The predicted octanol–water partition coefficient (Wildman–Crippen LogP) is 11.7. The second-order valence-electron chi connectivity index (χ2n) is 10.5. The molecule has 0 bridgehead atoms. The number of fused-ring (bicyclic) bond motifs is 8. The average Bonchev–Trinajstić information content (AvgIpc) is 3.70. The van der Waals surface area contributed by atoms with Crippen LogP contribution in [0.5, 0.6) is 0 Å². The Labute approximate surface area is 245 Å². The molecule has 192 valence electrons. The van der Waals surface area contributed by atoms with Gasteiger partial charge in [0.2, 0.25) is 0 Å². The van der Waals surface area contributed by atoms with Gasteiger partial charge < -0.3 is 4.57 Å². The molecule has 0 aliphatic rings. The van der Waals surface area contributed by atoms with Crippen molar-refractivity contribution in [3.05, 3.63) is 140 Å². The third kappa shape index (κ3) is 3.46. The van der Waals surface area contributed by atoms with E-state index in [1.165, 1.54) is 79.3 Å². The largest absolute Gasteiger partial charge is 0.308 e. The Kier molecular flexibility index (Phi) is 5.00. The van der Waals surface area contributed by atoms with Crippen LogP contribution < -0.4 is 0 Å². The minimum Gasteiger partial charge on any atom is -0.308 e. The zero-order valence-electron chi connectivity index (χ0n) is 22.0. The average molecular weight is 558 g/mol. The van der Waals surface area contributed by atoms with Gasteiger partial charge in [-0.1, -0.05) is 103 Å². The van der Waals surface area contributed by atoms with E-state index in [4.69, 9.17) is 0 Å². The number of benzene rings is 6. The number of hydrogen-bond donors (Lipinski definition) is 0. The molecule has 0 aliphatic carbocycles. The minimum atomic E-state index is 1.20. The van der Waals surface area contributed by atoms with E-state index >= 15 is 0 Å². The number of aromatic nitrogens is 1. The third-order valence-corrected chi connectivity index (χ3v) is 10.6. The summed E-state index contributed by atoms with van der Waals surface area (Å²) >= 11 is 3.81. The van der Waals surface area contributed by atoms with Crippen molar-refractivity contribution in [3.8, 4) is 27.9 Å². The summed E-state index contributed by atoms with van der Waals surface area (Å²) in [5.74, 6) is 0. The lowest BCUT2D eigenvalue weighted by Crippen LogP contribution is -1.92. The summed E-state index contributed by atoms with van der Waals surface area (Å²) in [5, 5.41) is 5.29. The van der Waals surface area contributed by atoms with Crippen LogP contribution in [0.2, 0.25) is 0 Å². The van der Waals surface area contributed by atoms with Gasteiger partial charge in [-0.25, -0.2) is 0 Å². The van der Waals surface area contributed by atoms with Crippen molar-refractivity contribution in [3.63, 3.8) is 0 Å². The molecule has 0 saturated carbocycles. The van der Waals surface area contributed by atoms with Crippen LogP contribution in [0.1, 0.15) is 0 Å². The molecule has 9 aromatic rings. The van der Waals surface area contributed by atoms with Gasteiger partial charge in [0.15, 0.2) is 0 Å². The molecule has 3 aromatic heterocycles. The van der Waals surface area contributed by atoms with Gasteiger partial charge in [-0.05, 0) is 58.7 Å². The summed E-state index contributed by atoms with van der Waals surface area (Å²) in [6.07, 6.45) is 0. The van der Waals surface area contributed by atoms with Crippen molar-refractivity contribution in [1.82, 2.24) is 4.57 Å². The number of rotatable bonds is 3. The first kappa shape index (κ1) is 23.0. The third-order valence-electron chi connectivity index (χ3n) is 8.21. The highest BCUT2D eigenvalue weighted by Gasteiger charge is 2.18. The Morgan fingerprint density at radius 1 is 0.415 bits per heavy atom. The van der Waals surface area contributed by atoms with Crippen LogP contribution in [0, 0.1) is 0 Å². The van der Waals surface area contributed by atoms with Crippen molar-refractivity contribution < 1.29 is 0 Å². The molecule has 0 radical (unpaired) electrons. The van der Waals surface area contributed by atoms with Crippen molar-refractivity contribution >= 4 is 74.1 Å². The normalized spacial score (nSPS) is 11.9. The standard InChI is InChI=1S/C38H23NS2/c1-3-10-24(11-4-1)25-19-21-34-32(22-25)29-16-9-15-28(37(29)40-34)26-18-20-31-35(23-26)41-38-30-14-7-8-17-33(30)39(36(31)38)27-12-5-2-6-13-27/h1-23H. The smallest absolute Gasteiger partial charge is 0.0727 e. The summed E-state index contributed by atoms with van der Waals surface area (Å²) in [5.41, 5.74) is 8.87. The molecule has 0 amide bonds. The van der Waals surface area contributed by atoms with E-state index in [2.05, 4.69) is 144 Å². The fourth-order valence-electron chi connectivity index (χ4n) is 6.32. The Bertz CT molecular complexity index is 2410. The molecular weight excluding hydrogens is 535 g/mol. The maximum absolute atomic E-state index is 2.43. The number of hydrogen-bond acceptors (Lipinski definition) is 2. The van der Waals surface area contributed by atoms with Crippen LogP contribution in [0.25, 0.3) is 79.3 Å². The van der Waals surface area contributed by atoms with E-state index < -0.39 is 0 Å². The molecule has 0 aliphatic heterocycles. The Balaban J connectivity index is 1.25. The van der Waals surface area contributed by atoms with Gasteiger partial charge in [-0.3, -0.25) is 0 Å². The molecule has 0 spiro atoms. The van der Waals surface area contributed by atoms with Crippen molar-refractivity contribution in [2.75, 3.05) is 0 Å². The van der Waals surface area contributed by atoms with Crippen LogP contribution in [0.15, 0.2) is 140 Å². The molecule has 0 saturated heterocycles. The maximum Gasteiger partial charge on any atom is 0.0727 e. The lowest BCUT2D eigenvalue weighted by Gasteiger charge is -2.08. The Morgan fingerprint density at radius 3 is 2.02 bits per heavy atom. The van der Waals surface area contributed by atoms with Gasteiger partial charge in [0.05, 0.1) is 15.7 Å². The fourth-order valence-corrected chi connectivity index (χ4v) is 8.80. The molecule has 9 rings (SSSR count). The van der Waals surface area contributed by atoms with E-state index in [1.807, 2.05) is 22.7 Å². The first-order chi connectivity index (χ1) is 20.3. The summed E-state index contributed by atoms with van der Waals surface area (Å²) in [7, 11) is 0. The zero-order chi connectivity index (χ0) is 26.9. The molecule has 1 nitrogen and oxygen atoms in total. The second kappa shape index (κ2) is 8.90. The highest BCUT2D eigenvalue weighted by Crippen LogP contribution is 2.45. The predicted molar refractivity (Wildman–Crippen MR) is 180 cm³/mol.